The Morgan fingerprint density at radius 3 is 2.59 bits per heavy atom. The highest BCUT2D eigenvalue weighted by Crippen LogP contribution is 2.25. The number of nitrogens with zero attached hydrogens (tertiary/aromatic N) is 5. The molecule has 146 valence electrons. The van der Waals surface area contributed by atoms with E-state index in [2.05, 4.69) is 52.6 Å². The molecule has 1 aromatic carbocycles. The van der Waals surface area contributed by atoms with E-state index < -0.39 is 0 Å². The van der Waals surface area contributed by atoms with E-state index in [0.29, 0.717) is 23.2 Å². The van der Waals surface area contributed by atoms with Crippen LogP contribution in [0.25, 0.3) is 11.2 Å². The van der Waals surface area contributed by atoms with Gasteiger partial charge in [0.1, 0.15) is 11.3 Å². The lowest BCUT2D eigenvalue weighted by molar-refractivity contribution is 0.122. The molecular formula is C20H20N8O. The Morgan fingerprint density at radius 1 is 0.931 bits per heavy atom. The van der Waals surface area contributed by atoms with E-state index in [-0.39, 0.29) is 0 Å². The van der Waals surface area contributed by atoms with Crippen molar-refractivity contribution in [2.24, 2.45) is 0 Å². The second-order valence-corrected chi connectivity index (χ2v) is 6.61. The van der Waals surface area contributed by atoms with Crippen molar-refractivity contribution in [3.63, 3.8) is 0 Å². The van der Waals surface area contributed by atoms with Gasteiger partial charge in [-0.25, -0.2) is 9.97 Å². The molecule has 5 rings (SSSR count). The summed E-state index contributed by atoms with van der Waals surface area (Å²) >= 11 is 0. The van der Waals surface area contributed by atoms with E-state index in [4.69, 9.17) is 4.74 Å². The Kier molecular flexibility index (Phi) is 4.63. The molecule has 0 bridgehead atoms. The smallest absolute Gasteiger partial charge is 0.232 e. The monoisotopic (exact) mass is 388 g/mol. The topological polar surface area (TPSA) is 104 Å². The fourth-order valence-electron chi connectivity index (χ4n) is 3.24. The number of aromatic amines is 1. The summed E-state index contributed by atoms with van der Waals surface area (Å²) in [4.78, 5) is 23.0. The Labute approximate surface area is 167 Å². The van der Waals surface area contributed by atoms with Crippen LogP contribution in [-0.2, 0) is 4.74 Å². The maximum Gasteiger partial charge on any atom is 0.232 e. The third kappa shape index (κ3) is 3.81. The molecule has 4 aromatic rings. The zero-order chi connectivity index (χ0) is 19.5. The minimum Gasteiger partial charge on any atom is -0.378 e. The molecule has 0 unspecified atom stereocenters. The van der Waals surface area contributed by atoms with E-state index in [0.717, 1.165) is 37.5 Å². The molecule has 4 heterocycles. The lowest BCUT2D eigenvalue weighted by Crippen LogP contribution is -2.36. The van der Waals surface area contributed by atoms with E-state index in [1.54, 1.807) is 12.5 Å². The molecule has 1 aliphatic rings. The third-order valence-electron chi connectivity index (χ3n) is 4.70. The number of morpholine rings is 1. The molecule has 1 fully saturated rings. The van der Waals surface area contributed by atoms with E-state index in [1.165, 1.54) is 5.69 Å². The quantitative estimate of drug-likeness (QED) is 0.479. The molecule has 0 radical (unpaired) electrons. The van der Waals surface area contributed by atoms with Crippen molar-refractivity contribution < 1.29 is 4.74 Å². The first-order valence-corrected chi connectivity index (χ1v) is 9.44. The molecule has 0 atom stereocenters. The zero-order valence-corrected chi connectivity index (χ0v) is 15.7. The van der Waals surface area contributed by atoms with Gasteiger partial charge in [-0.2, -0.15) is 9.97 Å². The van der Waals surface area contributed by atoms with Gasteiger partial charge in [0.25, 0.3) is 0 Å². The van der Waals surface area contributed by atoms with Crippen molar-refractivity contribution >= 4 is 40.1 Å². The van der Waals surface area contributed by atoms with Crippen LogP contribution in [0.5, 0.6) is 0 Å². The van der Waals surface area contributed by atoms with Crippen LogP contribution in [0, 0.1) is 0 Å². The Balaban J connectivity index is 1.40. The highest BCUT2D eigenvalue weighted by molar-refractivity contribution is 5.86. The van der Waals surface area contributed by atoms with Crippen LogP contribution < -0.4 is 15.5 Å². The second-order valence-electron chi connectivity index (χ2n) is 6.61. The minimum atomic E-state index is 0.427. The van der Waals surface area contributed by atoms with Gasteiger partial charge in [0.15, 0.2) is 11.5 Å². The summed E-state index contributed by atoms with van der Waals surface area (Å²) in [6.07, 6.45) is 3.32. The van der Waals surface area contributed by atoms with Gasteiger partial charge < -0.3 is 25.3 Å². The van der Waals surface area contributed by atoms with Crippen LogP contribution >= 0.6 is 0 Å². The largest absolute Gasteiger partial charge is 0.378 e. The molecule has 0 spiro atoms. The van der Waals surface area contributed by atoms with Crippen LogP contribution in [0.15, 0.2) is 55.0 Å². The fourth-order valence-corrected chi connectivity index (χ4v) is 3.24. The molecule has 29 heavy (non-hydrogen) atoms. The second kappa shape index (κ2) is 7.72. The van der Waals surface area contributed by atoms with Gasteiger partial charge in [0.2, 0.25) is 5.95 Å². The van der Waals surface area contributed by atoms with E-state index >= 15 is 0 Å². The Morgan fingerprint density at radius 2 is 1.79 bits per heavy atom. The summed E-state index contributed by atoms with van der Waals surface area (Å²) in [5, 5.41) is 6.48. The van der Waals surface area contributed by atoms with Crippen molar-refractivity contribution in [2.75, 3.05) is 41.8 Å². The zero-order valence-electron chi connectivity index (χ0n) is 15.7. The fraction of sp³-hybridized carbons (Fsp3) is 0.200. The lowest BCUT2D eigenvalue weighted by Gasteiger charge is -2.28. The van der Waals surface area contributed by atoms with Gasteiger partial charge in [-0.1, -0.05) is 6.07 Å². The van der Waals surface area contributed by atoms with Crippen molar-refractivity contribution in [2.45, 2.75) is 0 Å². The molecule has 0 saturated carbocycles. The summed E-state index contributed by atoms with van der Waals surface area (Å²) in [7, 11) is 0. The number of anilines is 5. The first-order chi connectivity index (χ1) is 14.3. The van der Waals surface area contributed by atoms with Crippen LogP contribution in [-0.4, -0.2) is 51.2 Å². The van der Waals surface area contributed by atoms with Crippen molar-refractivity contribution in [3.8, 4) is 0 Å². The number of rotatable bonds is 5. The number of hydrogen-bond donors (Lipinski definition) is 3. The van der Waals surface area contributed by atoms with Gasteiger partial charge in [0.05, 0.1) is 19.5 Å². The number of pyridine rings is 1. The number of aromatic nitrogens is 5. The van der Waals surface area contributed by atoms with E-state index in [9.17, 15) is 0 Å². The standard InChI is InChI=1S/C20H20N8O/c1-2-8-21-16(3-1)25-20-26-18-17(22-13-23-18)19(27-20)24-14-4-6-15(7-5-14)28-9-11-29-12-10-28/h1-8,13H,9-12H2,(H3,21,22,23,24,25,26,27). The summed E-state index contributed by atoms with van der Waals surface area (Å²) < 4.78 is 5.42. The summed E-state index contributed by atoms with van der Waals surface area (Å²) in [5.41, 5.74) is 3.44. The number of ether oxygens (including phenoxy) is 1. The average Bonchev–Trinajstić information content (AvgIpc) is 3.25. The van der Waals surface area contributed by atoms with Crippen molar-refractivity contribution in [1.29, 1.82) is 0 Å². The molecule has 1 aliphatic heterocycles. The molecule has 0 amide bonds. The van der Waals surface area contributed by atoms with Crippen LogP contribution in [0.1, 0.15) is 0 Å². The first kappa shape index (κ1) is 17.4. The molecule has 1 saturated heterocycles. The maximum atomic E-state index is 5.42. The highest BCUT2D eigenvalue weighted by atomic mass is 16.5. The number of benzene rings is 1. The summed E-state index contributed by atoms with van der Waals surface area (Å²) in [6, 6.07) is 13.9. The van der Waals surface area contributed by atoms with Crippen molar-refractivity contribution in [1.82, 2.24) is 24.9 Å². The number of H-pyrrole nitrogens is 1. The number of fused-ring (bicyclic) bond motifs is 1. The van der Waals surface area contributed by atoms with Gasteiger partial charge in [-0.15, -0.1) is 0 Å². The third-order valence-corrected chi connectivity index (χ3v) is 4.70. The summed E-state index contributed by atoms with van der Waals surface area (Å²) in [5.74, 6) is 1.74. The van der Waals surface area contributed by atoms with Crippen LogP contribution in [0.4, 0.5) is 29.0 Å². The summed E-state index contributed by atoms with van der Waals surface area (Å²) in [6.45, 7) is 3.36. The van der Waals surface area contributed by atoms with Crippen molar-refractivity contribution in [3.05, 3.63) is 55.0 Å². The average molecular weight is 388 g/mol. The normalized spacial score (nSPS) is 14.1. The van der Waals surface area contributed by atoms with Crippen LogP contribution in [0.2, 0.25) is 0 Å². The predicted octanol–water partition coefficient (Wildman–Crippen LogP) is 3.07. The highest BCUT2D eigenvalue weighted by Gasteiger charge is 2.13. The lowest BCUT2D eigenvalue weighted by atomic mass is 10.2. The molecule has 3 N–H and O–H groups in total. The molecular weight excluding hydrogens is 368 g/mol. The van der Waals surface area contributed by atoms with E-state index in [1.807, 2.05) is 30.3 Å². The minimum absolute atomic E-state index is 0.427. The first-order valence-electron chi connectivity index (χ1n) is 9.44. The maximum absolute atomic E-state index is 5.42. The van der Waals surface area contributed by atoms with Crippen LogP contribution in [0.3, 0.4) is 0 Å². The molecule has 3 aromatic heterocycles. The van der Waals surface area contributed by atoms with Gasteiger partial charge in [-0.3, -0.25) is 0 Å². The molecule has 9 heteroatoms. The van der Waals surface area contributed by atoms with Gasteiger partial charge in [0, 0.05) is 30.7 Å². The van der Waals surface area contributed by atoms with Gasteiger partial charge >= 0.3 is 0 Å². The Bertz CT molecular complexity index is 1090. The Hall–Kier alpha value is -3.72. The SMILES string of the molecule is c1ccc(Nc2nc(Nc3ccc(N4CCOCC4)cc3)c3[nH]cnc3n2)nc1. The van der Waals surface area contributed by atoms with Gasteiger partial charge in [-0.05, 0) is 36.4 Å². The number of imidazole rings is 1. The predicted molar refractivity (Wildman–Crippen MR) is 112 cm³/mol. The number of hydrogen-bond acceptors (Lipinski definition) is 8. The number of nitrogens with one attached hydrogen (secondary N) is 3. The molecule has 0 aliphatic carbocycles. The molecule has 9 nitrogen and oxygen atoms in total.